The Bertz CT molecular complexity index is 596. The summed E-state index contributed by atoms with van der Waals surface area (Å²) in [6.07, 6.45) is 1.93. The molecular weight excluding hydrogens is 290 g/mol. The van der Waals surface area contributed by atoms with Crippen LogP contribution in [-0.2, 0) is 11.3 Å². The average molecular weight is 307 g/mol. The Morgan fingerprint density at radius 1 is 1.62 bits per heavy atom. The molecule has 1 saturated heterocycles. The summed E-state index contributed by atoms with van der Waals surface area (Å²) >= 11 is 1.54. The van der Waals surface area contributed by atoms with E-state index < -0.39 is 0 Å². The van der Waals surface area contributed by atoms with Gasteiger partial charge in [0.1, 0.15) is 6.61 Å². The quantitative estimate of drug-likeness (QED) is 0.866. The predicted octanol–water partition coefficient (Wildman–Crippen LogP) is 2.26. The lowest BCUT2D eigenvalue weighted by molar-refractivity contribution is -0.00959. The number of nitrogens with zero attached hydrogens (tertiary/aromatic N) is 3. The molecule has 1 fully saturated rings. The monoisotopic (exact) mass is 307 g/mol. The van der Waals surface area contributed by atoms with Gasteiger partial charge in [0.05, 0.1) is 11.7 Å². The molecule has 2 aromatic rings. The summed E-state index contributed by atoms with van der Waals surface area (Å²) in [5.74, 6) is 1.17. The van der Waals surface area contributed by atoms with Gasteiger partial charge in [-0.3, -0.25) is 4.79 Å². The van der Waals surface area contributed by atoms with Crippen molar-refractivity contribution in [3.63, 3.8) is 0 Å². The second-order valence-electron chi connectivity index (χ2n) is 5.07. The third kappa shape index (κ3) is 3.48. The molecule has 3 heterocycles. The highest BCUT2D eigenvalue weighted by atomic mass is 32.1. The second kappa shape index (κ2) is 6.36. The SMILES string of the molecule is Cc1nc(COC2CCCN(C(=O)c3ccsc3)C2)no1. The molecule has 0 bridgehead atoms. The van der Waals surface area contributed by atoms with Crippen LogP contribution in [0.4, 0.5) is 0 Å². The molecule has 0 aliphatic carbocycles. The molecule has 1 atom stereocenters. The van der Waals surface area contributed by atoms with E-state index in [4.69, 9.17) is 9.26 Å². The van der Waals surface area contributed by atoms with Crippen molar-refractivity contribution in [3.8, 4) is 0 Å². The van der Waals surface area contributed by atoms with Gasteiger partial charge >= 0.3 is 0 Å². The third-order valence-corrected chi connectivity index (χ3v) is 4.13. The average Bonchev–Trinajstić information content (AvgIpc) is 3.16. The van der Waals surface area contributed by atoms with Crippen LogP contribution >= 0.6 is 11.3 Å². The summed E-state index contributed by atoms with van der Waals surface area (Å²) in [7, 11) is 0. The van der Waals surface area contributed by atoms with Gasteiger partial charge in [-0.25, -0.2) is 0 Å². The Morgan fingerprint density at radius 2 is 2.52 bits per heavy atom. The molecule has 1 amide bonds. The summed E-state index contributed by atoms with van der Waals surface area (Å²) in [4.78, 5) is 18.3. The fraction of sp³-hybridized carbons (Fsp3) is 0.500. The van der Waals surface area contributed by atoms with Crippen molar-refractivity contribution < 1.29 is 14.1 Å². The van der Waals surface area contributed by atoms with Crippen LogP contribution in [0.2, 0.25) is 0 Å². The van der Waals surface area contributed by atoms with Crippen molar-refractivity contribution in [2.24, 2.45) is 0 Å². The van der Waals surface area contributed by atoms with Crippen molar-refractivity contribution in [2.45, 2.75) is 32.5 Å². The molecule has 0 radical (unpaired) electrons. The van der Waals surface area contributed by atoms with Gasteiger partial charge < -0.3 is 14.2 Å². The fourth-order valence-corrected chi connectivity index (χ4v) is 3.05. The van der Waals surface area contributed by atoms with E-state index in [0.29, 0.717) is 24.9 Å². The summed E-state index contributed by atoms with van der Waals surface area (Å²) in [6, 6.07) is 1.86. The minimum Gasteiger partial charge on any atom is -0.368 e. The summed E-state index contributed by atoms with van der Waals surface area (Å²) in [5.41, 5.74) is 0.759. The number of carbonyl (C=O) groups excluding carboxylic acids is 1. The fourth-order valence-electron chi connectivity index (χ4n) is 2.42. The largest absolute Gasteiger partial charge is 0.368 e. The topological polar surface area (TPSA) is 68.5 Å². The van der Waals surface area contributed by atoms with Gasteiger partial charge in [0.25, 0.3) is 5.91 Å². The van der Waals surface area contributed by atoms with Gasteiger partial charge in [-0.1, -0.05) is 5.16 Å². The first-order valence-corrected chi connectivity index (χ1v) is 7.89. The highest BCUT2D eigenvalue weighted by Gasteiger charge is 2.25. The second-order valence-corrected chi connectivity index (χ2v) is 5.85. The lowest BCUT2D eigenvalue weighted by Gasteiger charge is -2.32. The number of piperidine rings is 1. The van der Waals surface area contributed by atoms with E-state index in [9.17, 15) is 4.79 Å². The minimum absolute atomic E-state index is 0.0279. The highest BCUT2D eigenvalue weighted by Crippen LogP contribution is 2.18. The normalized spacial score (nSPS) is 18.9. The van der Waals surface area contributed by atoms with Crippen molar-refractivity contribution in [1.82, 2.24) is 15.0 Å². The van der Waals surface area contributed by atoms with Gasteiger partial charge in [-0.15, -0.1) is 0 Å². The predicted molar refractivity (Wildman–Crippen MR) is 77.1 cm³/mol. The zero-order valence-electron chi connectivity index (χ0n) is 11.8. The maximum atomic E-state index is 12.3. The number of carbonyl (C=O) groups is 1. The molecular formula is C14H17N3O3S. The lowest BCUT2D eigenvalue weighted by atomic mass is 10.1. The number of aromatic nitrogens is 2. The number of thiophene rings is 1. The molecule has 112 valence electrons. The standard InChI is InChI=1S/C14H17N3O3S/c1-10-15-13(16-20-10)8-19-12-3-2-5-17(7-12)14(18)11-4-6-21-9-11/h4,6,9,12H,2-3,5,7-8H2,1H3. The minimum atomic E-state index is 0.0279. The molecule has 6 nitrogen and oxygen atoms in total. The molecule has 1 aliphatic heterocycles. The van der Waals surface area contributed by atoms with Crippen LogP contribution in [-0.4, -0.2) is 40.1 Å². The number of aryl methyl sites for hydroxylation is 1. The third-order valence-electron chi connectivity index (χ3n) is 3.45. The molecule has 3 rings (SSSR count). The van der Waals surface area contributed by atoms with Crippen molar-refractivity contribution in [1.29, 1.82) is 0 Å². The van der Waals surface area contributed by atoms with E-state index in [1.54, 1.807) is 6.92 Å². The number of rotatable bonds is 4. The highest BCUT2D eigenvalue weighted by molar-refractivity contribution is 7.08. The first-order chi connectivity index (χ1) is 10.2. The summed E-state index contributed by atoms with van der Waals surface area (Å²) < 4.78 is 10.7. The summed E-state index contributed by atoms with van der Waals surface area (Å²) in [5, 5.41) is 7.61. The first kappa shape index (κ1) is 14.2. The Labute approximate surface area is 126 Å². The Balaban J connectivity index is 1.54. The zero-order chi connectivity index (χ0) is 14.7. The lowest BCUT2D eigenvalue weighted by Crippen LogP contribution is -2.43. The molecule has 2 aromatic heterocycles. The van der Waals surface area contributed by atoms with E-state index in [0.717, 1.165) is 24.9 Å². The molecule has 7 heteroatoms. The molecule has 1 aliphatic rings. The number of hydrogen-bond acceptors (Lipinski definition) is 6. The molecule has 1 unspecified atom stereocenters. The van der Waals surface area contributed by atoms with Crippen LogP contribution in [0.5, 0.6) is 0 Å². The van der Waals surface area contributed by atoms with Crippen LogP contribution in [0.3, 0.4) is 0 Å². The molecule has 21 heavy (non-hydrogen) atoms. The number of ether oxygens (including phenoxy) is 1. The van der Waals surface area contributed by atoms with E-state index in [1.165, 1.54) is 11.3 Å². The zero-order valence-corrected chi connectivity index (χ0v) is 12.6. The van der Waals surface area contributed by atoms with E-state index in [2.05, 4.69) is 10.1 Å². The van der Waals surface area contributed by atoms with Crippen LogP contribution in [0.25, 0.3) is 0 Å². The van der Waals surface area contributed by atoms with Gasteiger partial charge in [-0.2, -0.15) is 16.3 Å². The summed E-state index contributed by atoms with van der Waals surface area (Å²) in [6.45, 7) is 3.47. The van der Waals surface area contributed by atoms with Crippen molar-refractivity contribution in [2.75, 3.05) is 13.1 Å². The Hall–Kier alpha value is -1.73. The maximum Gasteiger partial charge on any atom is 0.254 e. The number of likely N-dealkylation sites (tertiary alicyclic amines) is 1. The van der Waals surface area contributed by atoms with Crippen molar-refractivity contribution in [3.05, 3.63) is 34.1 Å². The van der Waals surface area contributed by atoms with Gasteiger partial charge in [0.2, 0.25) is 5.89 Å². The molecule has 0 spiro atoms. The van der Waals surface area contributed by atoms with Crippen LogP contribution in [0.15, 0.2) is 21.3 Å². The van der Waals surface area contributed by atoms with Gasteiger partial charge in [-0.05, 0) is 24.3 Å². The molecule has 0 aromatic carbocycles. The van der Waals surface area contributed by atoms with Gasteiger partial charge in [0.15, 0.2) is 5.82 Å². The Morgan fingerprint density at radius 3 is 3.24 bits per heavy atom. The number of amides is 1. The van der Waals surface area contributed by atoms with Crippen LogP contribution in [0.1, 0.15) is 34.9 Å². The first-order valence-electron chi connectivity index (χ1n) is 6.94. The van der Waals surface area contributed by atoms with E-state index in [-0.39, 0.29) is 12.0 Å². The molecule has 0 N–H and O–H groups in total. The van der Waals surface area contributed by atoms with E-state index >= 15 is 0 Å². The van der Waals surface area contributed by atoms with E-state index in [1.807, 2.05) is 21.7 Å². The smallest absolute Gasteiger partial charge is 0.254 e. The van der Waals surface area contributed by atoms with Gasteiger partial charge in [0, 0.05) is 25.4 Å². The molecule has 0 saturated carbocycles. The van der Waals surface area contributed by atoms with Crippen LogP contribution in [0, 0.1) is 6.92 Å². The number of hydrogen-bond donors (Lipinski definition) is 0. The Kier molecular flexibility index (Phi) is 4.31. The van der Waals surface area contributed by atoms with Crippen molar-refractivity contribution >= 4 is 17.2 Å². The van der Waals surface area contributed by atoms with Crippen LogP contribution < -0.4 is 0 Å². The maximum absolute atomic E-state index is 12.3.